The van der Waals surface area contributed by atoms with Crippen molar-refractivity contribution in [1.29, 1.82) is 0 Å². The zero-order chi connectivity index (χ0) is 34.5. The summed E-state index contributed by atoms with van der Waals surface area (Å²) in [5.41, 5.74) is 4.11. The monoisotopic (exact) mass is 667 g/mol. The van der Waals surface area contributed by atoms with E-state index >= 15 is 0 Å². The number of fused-ring (bicyclic) bond motifs is 1. The molecule has 2 saturated heterocycles. The molecule has 0 radical (unpaired) electrons. The number of amides is 2. The van der Waals surface area contributed by atoms with Crippen LogP contribution in [0.3, 0.4) is 0 Å². The molecule has 0 bridgehead atoms. The van der Waals surface area contributed by atoms with Crippen LogP contribution in [0.15, 0.2) is 78.9 Å². The Kier molecular flexibility index (Phi) is 11.2. The van der Waals surface area contributed by atoms with E-state index in [0.717, 1.165) is 41.5 Å². The van der Waals surface area contributed by atoms with E-state index in [9.17, 15) is 14.7 Å². The molecule has 262 valence electrons. The second-order valence-corrected chi connectivity index (χ2v) is 15.3. The van der Waals surface area contributed by atoms with Crippen LogP contribution < -0.4 is 10.6 Å². The zero-order valence-corrected chi connectivity index (χ0v) is 29.4. The lowest BCUT2D eigenvalue weighted by molar-refractivity contribution is -0.278. The molecule has 3 aliphatic rings. The number of aliphatic hydroxyl groups is 1. The Balaban J connectivity index is 1.24. The molecule has 1 aliphatic carbocycles. The average Bonchev–Trinajstić information content (AvgIpc) is 3.11. The van der Waals surface area contributed by atoms with E-state index in [2.05, 4.69) is 22.5 Å². The van der Waals surface area contributed by atoms with Gasteiger partial charge in [0.15, 0.2) is 6.29 Å². The third kappa shape index (κ3) is 8.61. The van der Waals surface area contributed by atoms with Crippen LogP contribution in [0, 0.1) is 11.8 Å². The van der Waals surface area contributed by atoms with Crippen LogP contribution in [0.1, 0.15) is 111 Å². The van der Waals surface area contributed by atoms with Gasteiger partial charge in [-0.1, -0.05) is 86.5 Å². The minimum Gasteiger partial charge on any atom is -0.392 e. The third-order valence-electron chi connectivity index (χ3n) is 10.6. The Bertz CT molecular complexity index is 1540. The fourth-order valence-electron chi connectivity index (χ4n) is 7.93. The second-order valence-electron chi connectivity index (χ2n) is 15.3. The van der Waals surface area contributed by atoms with Gasteiger partial charge >= 0.3 is 0 Å². The van der Waals surface area contributed by atoms with Gasteiger partial charge in [-0.05, 0) is 81.2 Å². The Morgan fingerprint density at radius 3 is 2.20 bits per heavy atom. The Morgan fingerprint density at radius 1 is 0.837 bits per heavy atom. The maximum absolute atomic E-state index is 13.8. The number of aliphatic hydroxyl groups excluding tert-OH is 1. The highest BCUT2D eigenvalue weighted by molar-refractivity contribution is 5.94. The van der Waals surface area contributed by atoms with Gasteiger partial charge in [0.25, 0.3) is 5.91 Å². The molecule has 0 aromatic heterocycles. The van der Waals surface area contributed by atoms with Crippen molar-refractivity contribution in [1.82, 2.24) is 15.5 Å². The fraction of sp³-hybridized carbons (Fsp3) is 0.512. The molecule has 8 heteroatoms. The van der Waals surface area contributed by atoms with E-state index in [0.29, 0.717) is 30.6 Å². The number of nitrogens with one attached hydrogen (secondary N) is 2. The van der Waals surface area contributed by atoms with Crippen molar-refractivity contribution in [3.8, 4) is 0 Å². The molecule has 3 aromatic rings. The van der Waals surface area contributed by atoms with Crippen LogP contribution in [0.5, 0.6) is 0 Å². The Morgan fingerprint density at radius 2 is 1.51 bits per heavy atom. The van der Waals surface area contributed by atoms with E-state index in [1.54, 1.807) is 12.1 Å². The summed E-state index contributed by atoms with van der Waals surface area (Å²) in [7, 11) is 0. The van der Waals surface area contributed by atoms with Gasteiger partial charge < -0.3 is 25.2 Å². The van der Waals surface area contributed by atoms with E-state index in [4.69, 9.17) is 9.47 Å². The number of carbonyl (C=O) groups is 2. The lowest BCUT2D eigenvalue weighted by atomic mass is 9.75. The highest BCUT2D eigenvalue weighted by Crippen LogP contribution is 2.44. The molecule has 0 unspecified atom stereocenters. The van der Waals surface area contributed by atoms with Crippen LogP contribution in [0.4, 0.5) is 0 Å². The van der Waals surface area contributed by atoms with Crippen LogP contribution in [-0.2, 0) is 27.4 Å². The molecule has 2 amide bonds. The van der Waals surface area contributed by atoms with Gasteiger partial charge in [-0.15, -0.1) is 0 Å². The first kappa shape index (κ1) is 35.3. The highest BCUT2D eigenvalue weighted by Gasteiger charge is 2.46. The minimum atomic E-state index is -0.606. The van der Waals surface area contributed by atoms with E-state index < -0.39 is 6.29 Å². The van der Waals surface area contributed by atoms with Crippen molar-refractivity contribution in [2.75, 3.05) is 6.54 Å². The van der Waals surface area contributed by atoms with Crippen molar-refractivity contribution in [2.24, 2.45) is 11.8 Å². The van der Waals surface area contributed by atoms with Gasteiger partial charge in [0.1, 0.15) is 0 Å². The maximum Gasteiger partial charge on any atom is 0.251 e. The summed E-state index contributed by atoms with van der Waals surface area (Å²) in [6.45, 7) is 9.38. The van der Waals surface area contributed by atoms with Gasteiger partial charge in [0.2, 0.25) is 5.91 Å². The van der Waals surface area contributed by atoms with Gasteiger partial charge in [-0.25, -0.2) is 0 Å². The standard InChI is InChI=1S/C41H53N3O5/c1-27-36(25-44-34-13-9-8-10-30(34)22-23-35(44)39(47)43-41(2,3)4)48-40(49-37(27)31-18-16-29(26-45)17-19-31)33-20-14-28(15-21-33)24-42-38(46)32-11-6-5-7-12-32/h5-7,11-12,14-21,27,30,34-37,40,45H,8-10,13,22-26H2,1-4H3,(H,42,46)(H,43,47)/t27-,30-,34-,35-,36+,37+,40+/m1/s1. The first-order valence-corrected chi connectivity index (χ1v) is 18.1. The molecular weight excluding hydrogens is 614 g/mol. The van der Waals surface area contributed by atoms with Crippen LogP contribution in [0.25, 0.3) is 0 Å². The zero-order valence-electron chi connectivity index (χ0n) is 29.4. The molecule has 7 atom stereocenters. The predicted octanol–water partition coefficient (Wildman–Crippen LogP) is 6.84. The first-order chi connectivity index (χ1) is 23.6. The molecule has 1 saturated carbocycles. The van der Waals surface area contributed by atoms with Crippen molar-refractivity contribution in [3.63, 3.8) is 0 Å². The van der Waals surface area contributed by atoms with Crippen molar-refractivity contribution < 1.29 is 24.2 Å². The first-order valence-electron chi connectivity index (χ1n) is 18.1. The Hall–Kier alpha value is -3.56. The number of hydrogen-bond donors (Lipinski definition) is 3. The van der Waals surface area contributed by atoms with Crippen LogP contribution in [0.2, 0.25) is 0 Å². The molecule has 2 aliphatic heterocycles. The summed E-state index contributed by atoms with van der Waals surface area (Å²) < 4.78 is 13.6. The fourth-order valence-corrected chi connectivity index (χ4v) is 7.93. The largest absolute Gasteiger partial charge is 0.392 e. The summed E-state index contributed by atoms with van der Waals surface area (Å²) in [6.07, 6.45) is 5.71. The van der Waals surface area contributed by atoms with E-state index in [1.807, 2.05) is 87.5 Å². The normalized spacial score (nSPS) is 27.6. The molecule has 3 fully saturated rings. The molecule has 0 spiro atoms. The molecule has 8 nitrogen and oxygen atoms in total. The molecular formula is C41H53N3O5. The minimum absolute atomic E-state index is 0.0105. The SMILES string of the molecule is C[C@@H]1[C@H](CN2[C@@H](C(=O)NC(C)(C)C)CC[C@H]3CCCC[C@H]32)O[C@H](c2ccc(CNC(=O)c3ccccc3)cc2)O[C@@H]1c1ccc(CO)cc1. The second kappa shape index (κ2) is 15.5. The quantitative estimate of drug-likeness (QED) is 0.231. The average molecular weight is 668 g/mol. The van der Waals surface area contributed by atoms with Crippen molar-refractivity contribution in [3.05, 3.63) is 107 Å². The van der Waals surface area contributed by atoms with Crippen molar-refractivity contribution >= 4 is 11.8 Å². The highest BCUT2D eigenvalue weighted by atomic mass is 16.7. The summed E-state index contributed by atoms with van der Waals surface area (Å²) in [5, 5.41) is 16.0. The number of piperidine rings is 1. The number of benzene rings is 3. The number of nitrogens with zero attached hydrogens (tertiary/aromatic N) is 1. The van der Waals surface area contributed by atoms with Gasteiger partial charge in [-0.3, -0.25) is 14.5 Å². The predicted molar refractivity (Wildman–Crippen MR) is 190 cm³/mol. The number of likely N-dealkylation sites (tertiary alicyclic amines) is 1. The molecule has 3 aromatic carbocycles. The number of carbonyl (C=O) groups excluding carboxylic acids is 2. The topological polar surface area (TPSA) is 100 Å². The van der Waals surface area contributed by atoms with E-state index in [1.165, 1.54) is 19.3 Å². The molecule has 49 heavy (non-hydrogen) atoms. The maximum atomic E-state index is 13.8. The van der Waals surface area contributed by atoms with Crippen molar-refractivity contribution in [2.45, 2.75) is 115 Å². The Labute approximate surface area is 291 Å². The summed E-state index contributed by atoms with van der Waals surface area (Å²) in [5.74, 6) is 0.621. The van der Waals surface area contributed by atoms with Gasteiger partial charge in [0.05, 0.1) is 24.9 Å². The van der Waals surface area contributed by atoms with Crippen LogP contribution >= 0.6 is 0 Å². The van der Waals surface area contributed by atoms with Gasteiger partial charge in [-0.2, -0.15) is 0 Å². The lowest BCUT2D eigenvalue weighted by Crippen LogP contribution is -2.61. The molecule has 6 rings (SSSR count). The molecule has 2 heterocycles. The molecule has 3 N–H and O–H groups in total. The summed E-state index contributed by atoms with van der Waals surface area (Å²) in [4.78, 5) is 28.9. The van der Waals surface area contributed by atoms with Crippen LogP contribution in [-0.4, -0.2) is 52.1 Å². The summed E-state index contributed by atoms with van der Waals surface area (Å²) >= 11 is 0. The summed E-state index contributed by atoms with van der Waals surface area (Å²) in [6, 6.07) is 25.4. The number of hydrogen-bond acceptors (Lipinski definition) is 6. The third-order valence-corrected chi connectivity index (χ3v) is 10.6. The smallest absolute Gasteiger partial charge is 0.251 e. The van der Waals surface area contributed by atoms with E-state index in [-0.39, 0.29) is 48.1 Å². The number of rotatable bonds is 9. The van der Waals surface area contributed by atoms with Gasteiger partial charge in [0, 0.05) is 41.7 Å². The lowest BCUT2D eigenvalue weighted by Gasteiger charge is -2.51. The number of ether oxygens (including phenoxy) is 2.